The molecular formula is C34H55O10P. The summed E-state index contributed by atoms with van der Waals surface area (Å²) < 4.78 is 32.2. The minimum Gasteiger partial charge on any atom is -0.462 e. The number of rotatable bonds is 28. The van der Waals surface area contributed by atoms with Gasteiger partial charge in [-0.2, -0.15) is 0 Å². The van der Waals surface area contributed by atoms with E-state index >= 15 is 0 Å². The first-order valence-electron chi connectivity index (χ1n) is 16.0. The Kier molecular flexibility index (Phi) is 28.4. The van der Waals surface area contributed by atoms with E-state index in [1.807, 2.05) is 54.7 Å². The lowest BCUT2D eigenvalue weighted by Crippen LogP contribution is -2.29. The van der Waals surface area contributed by atoms with E-state index in [1.54, 1.807) is 0 Å². The molecule has 45 heavy (non-hydrogen) atoms. The molecule has 0 aromatic heterocycles. The van der Waals surface area contributed by atoms with Crippen molar-refractivity contribution in [3.63, 3.8) is 0 Å². The SMILES string of the molecule is CC/C=C/C=C/C=C/C=C/C=C/CCCC(=O)OC(COC(=O)CCC/C=C/CCCCCC)COP(=O)(O)OC[C@@H](O)CO. The second kappa shape index (κ2) is 30.1. The normalized spacial score (nSPS) is 15.2. The van der Waals surface area contributed by atoms with Gasteiger partial charge in [0.25, 0.3) is 0 Å². The molecule has 3 atom stereocenters. The van der Waals surface area contributed by atoms with Crippen molar-refractivity contribution in [1.82, 2.24) is 0 Å². The quantitative estimate of drug-likeness (QED) is 0.0265. The second-order valence-electron chi connectivity index (χ2n) is 10.2. The highest BCUT2D eigenvalue weighted by molar-refractivity contribution is 7.47. The molecule has 11 heteroatoms. The molecule has 3 N–H and O–H groups in total. The summed E-state index contributed by atoms with van der Waals surface area (Å²) in [4.78, 5) is 34.5. The lowest BCUT2D eigenvalue weighted by molar-refractivity contribution is -0.161. The number of ether oxygens (including phenoxy) is 2. The summed E-state index contributed by atoms with van der Waals surface area (Å²) in [5, 5.41) is 18.2. The molecule has 0 saturated heterocycles. The van der Waals surface area contributed by atoms with Crippen LogP contribution in [0.4, 0.5) is 0 Å². The van der Waals surface area contributed by atoms with Gasteiger partial charge in [-0.25, -0.2) is 4.57 Å². The number of esters is 2. The van der Waals surface area contributed by atoms with Gasteiger partial charge in [-0.3, -0.25) is 18.6 Å². The van der Waals surface area contributed by atoms with Crippen LogP contribution in [-0.4, -0.2) is 65.7 Å². The average Bonchev–Trinajstić information content (AvgIpc) is 3.02. The number of allylic oxidation sites excluding steroid dienone is 12. The number of carbonyl (C=O) groups excluding carboxylic acids is 2. The first-order chi connectivity index (χ1) is 21.7. The van der Waals surface area contributed by atoms with Crippen LogP contribution < -0.4 is 0 Å². The van der Waals surface area contributed by atoms with E-state index < -0.39 is 51.8 Å². The predicted molar refractivity (Wildman–Crippen MR) is 177 cm³/mol. The molecule has 0 aliphatic rings. The molecule has 0 fully saturated rings. The molecule has 256 valence electrons. The van der Waals surface area contributed by atoms with Crippen LogP contribution in [0.1, 0.15) is 90.9 Å². The molecule has 0 spiro atoms. The summed E-state index contributed by atoms with van der Waals surface area (Å²) in [6, 6.07) is 0. The smallest absolute Gasteiger partial charge is 0.462 e. The number of aliphatic hydroxyl groups is 2. The fourth-order valence-corrected chi connectivity index (χ4v) is 4.28. The first-order valence-corrected chi connectivity index (χ1v) is 17.5. The zero-order valence-corrected chi connectivity index (χ0v) is 27.9. The Morgan fingerprint density at radius 3 is 1.87 bits per heavy atom. The fraction of sp³-hybridized carbons (Fsp3) is 0.588. The van der Waals surface area contributed by atoms with Crippen molar-refractivity contribution in [2.24, 2.45) is 0 Å². The van der Waals surface area contributed by atoms with E-state index in [0.29, 0.717) is 19.3 Å². The van der Waals surface area contributed by atoms with Crippen molar-refractivity contribution in [1.29, 1.82) is 0 Å². The average molecular weight is 655 g/mol. The summed E-state index contributed by atoms with van der Waals surface area (Å²) in [6.45, 7) is 2.01. The molecule has 0 aliphatic heterocycles. The Morgan fingerprint density at radius 1 is 0.689 bits per heavy atom. The van der Waals surface area contributed by atoms with Crippen LogP contribution in [0.2, 0.25) is 0 Å². The van der Waals surface area contributed by atoms with Crippen LogP contribution in [0.5, 0.6) is 0 Å². The standard InChI is InChI=1S/C34H55O10P/c1-3-5-7-9-11-13-14-15-16-18-20-22-24-26-34(38)44-32(30-43-45(39,40)42-28-31(36)27-35)29-41-33(37)25-23-21-19-17-12-10-8-6-4-2/h5,7,9,11,13-20,31-32,35-36H,3-4,6,8,10,12,21-30H2,1-2H3,(H,39,40)/b7-5+,11-9+,14-13+,16-15+,19-17+,20-18+/t31-,32?/m0/s1. The predicted octanol–water partition coefficient (Wildman–Crippen LogP) is 6.99. The summed E-state index contributed by atoms with van der Waals surface area (Å²) in [6.07, 6.45) is 30.6. The maximum atomic E-state index is 12.4. The van der Waals surface area contributed by atoms with Gasteiger partial charge in [-0.15, -0.1) is 0 Å². The van der Waals surface area contributed by atoms with E-state index in [0.717, 1.165) is 25.7 Å². The first kappa shape index (κ1) is 42.4. The minimum atomic E-state index is -4.63. The molecule has 0 aromatic rings. The highest BCUT2D eigenvalue weighted by atomic mass is 31.2. The lowest BCUT2D eigenvalue weighted by atomic mass is 10.1. The summed E-state index contributed by atoms with van der Waals surface area (Å²) in [5.41, 5.74) is 0. The molecule has 0 heterocycles. The minimum absolute atomic E-state index is 0.0786. The van der Waals surface area contributed by atoms with Gasteiger partial charge in [0.05, 0.1) is 19.8 Å². The molecule has 0 rings (SSSR count). The van der Waals surface area contributed by atoms with Crippen LogP contribution in [0.3, 0.4) is 0 Å². The molecule has 0 bridgehead atoms. The highest BCUT2D eigenvalue weighted by Gasteiger charge is 2.27. The number of unbranched alkanes of at least 4 members (excludes halogenated alkanes) is 6. The Morgan fingerprint density at radius 2 is 1.24 bits per heavy atom. The number of carbonyl (C=O) groups is 2. The Labute approximate surface area is 269 Å². The van der Waals surface area contributed by atoms with Crippen LogP contribution in [-0.2, 0) is 32.7 Å². The van der Waals surface area contributed by atoms with E-state index in [-0.39, 0.29) is 19.4 Å². The molecular weight excluding hydrogens is 599 g/mol. The molecule has 0 saturated carbocycles. The van der Waals surface area contributed by atoms with Gasteiger partial charge in [-0.05, 0) is 44.9 Å². The molecule has 2 unspecified atom stereocenters. The fourth-order valence-electron chi connectivity index (χ4n) is 3.49. The molecule has 0 radical (unpaired) electrons. The topological polar surface area (TPSA) is 149 Å². The molecule has 10 nitrogen and oxygen atoms in total. The van der Waals surface area contributed by atoms with Gasteiger partial charge < -0.3 is 24.6 Å². The van der Waals surface area contributed by atoms with Crippen molar-refractivity contribution in [3.05, 3.63) is 72.9 Å². The van der Waals surface area contributed by atoms with Crippen LogP contribution in [0, 0.1) is 0 Å². The monoisotopic (exact) mass is 654 g/mol. The second-order valence-corrected chi connectivity index (χ2v) is 11.7. The maximum absolute atomic E-state index is 12.4. The van der Waals surface area contributed by atoms with E-state index in [2.05, 4.69) is 36.6 Å². The lowest BCUT2D eigenvalue weighted by Gasteiger charge is -2.20. The number of hydrogen-bond acceptors (Lipinski definition) is 9. The van der Waals surface area contributed by atoms with Gasteiger partial charge >= 0.3 is 19.8 Å². The third-order valence-corrected chi connectivity index (χ3v) is 6.92. The Bertz CT molecular complexity index is 983. The highest BCUT2D eigenvalue weighted by Crippen LogP contribution is 2.43. The van der Waals surface area contributed by atoms with Crippen molar-refractivity contribution >= 4 is 19.8 Å². The Hall–Kier alpha value is -2.59. The third-order valence-electron chi connectivity index (χ3n) is 5.97. The Balaban J connectivity index is 4.68. The largest absolute Gasteiger partial charge is 0.472 e. The zero-order chi connectivity index (χ0) is 33.4. The van der Waals surface area contributed by atoms with Crippen LogP contribution in [0.15, 0.2) is 72.9 Å². The van der Waals surface area contributed by atoms with Crippen molar-refractivity contribution < 1.29 is 47.8 Å². The van der Waals surface area contributed by atoms with Crippen molar-refractivity contribution in [3.8, 4) is 0 Å². The maximum Gasteiger partial charge on any atom is 0.472 e. The number of aliphatic hydroxyl groups excluding tert-OH is 2. The van der Waals surface area contributed by atoms with Gasteiger partial charge in [0.2, 0.25) is 0 Å². The van der Waals surface area contributed by atoms with E-state index in [1.165, 1.54) is 19.3 Å². The van der Waals surface area contributed by atoms with Crippen molar-refractivity contribution in [2.45, 2.75) is 103 Å². The number of hydrogen-bond donors (Lipinski definition) is 3. The van der Waals surface area contributed by atoms with Gasteiger partial charge in [0, 0.05) is 12.8 Å². The number of phosphoric ester groups is 1. The van der Waals surface area contributed by atoms with E-state index in [4.69, 9.17) is 19.1 Å². The van der Waals surface area contributed by atoms with Crippen LogP contribution in [0.25, 0.3) is 0 Å². The molecule has 0 aliphatic carbocycles. The van der Waals surface area contributed by atoms with Gasteiger partial charge in [0.15, 0.2) is 6.10 Å². The third kappa shape index (κ3) is 29.9. The number of phosphoric acid groups is 1. The molecule has 0 aromatic carbocycles. The summed E-state index contributed by atoms with van der Waals surface area (Å²) in [5.74, 6) is -1.07. The summed E-state index contributed by atoms with van der Waals surface area (Å²) >= 11 is 0. The van der Waals surface area contributed by atoms with Crippen molar-refractivity contribution in [2.75, 3.05) is 26.4 Å². The van der Waals surface area contributed by atoms with Crippen LogP contribution >= 0.6 is 7.82 Å². The van der Waals surface area contributed by atoms with E-state index in [9.17, 15) is 24.2 Å². The van der Waals surface area contributed by atoms with Gasteiger partial charge in [0.1, 0.15) is 12.7 Å². The molecule has 0 amide bonds. The summed E-state index contributed by atoms with van der Waals surface area (Å²) in [7, 11) is -4.63. The zero-order valence-electron chi connectivity index (χ0n) is 27.0. The van der Waals surface area contributed by atoms with Gasteiger partial charge in [-0.1, -0.05) is 106 Å².